The van der Waals surface area contributed by atoms with E-state index in [1.807, 2.05) is 0 Å². The molecule has 0 saturated carbocycles. The number of hydrogen-bond acceptors (Lipinski definition) is 5. The van der Waals surface area contributed by atoms with E-state index in [0.29, 0.717) is 25.9 Å². The molecule has 0 radical (unpaired) electrons. The van der Waals surface area contributed by atoms with E-state index >= 15 is 0 Å². The Morgan fingerprint density at radius 1 is 0.350 bits per heavy atom. The number of aliphatic hydroxyl groups excluding tert-OH is 2. The summed E-state index contributed by atoms with van der Waals surface area (Å²) in [6.45, 7) is 4.94. The molecule has 2 unspecified atom stereocenters. The van der Waals surface area contributed by atoms with Crippen LogP contribution in [0, 0.1) is 0 Å². The van der Waals surface area contributed by atoms with Crippen LogP contribution in [0.15, 0.2) is 48.6 Å². The normalized spacial score (nSPS) is 12.8. The second-order valence-electron chi connectivity index (χ2n) is 24.6. The maximum absolute atomic E-state index is 12.5. The quantitative estimate of drug-likeness (QED) is 0.0320. The second kappa shape index (κ2) is 69.3. The number of nitrogens with one attached hydrogen (secondary N) is 1. The van der Waals surface area contributed by atoms with Gasteiger partial charge in [0.1, 0.15) is 0 Å². The lowest BCUT2D eigenvalue weighted by molar-refractivity contribution is -0.143. The predicted octanol–water partition coefficient (Wildman–Crippen LogP) is 23.3. The minimum absolute atomic E-state index is 0.0105. The van der Waals surface area contributed by atoms with Crippen LogP contribution < -0.4 is 5.32 Å². The van der Waals surface area contributed by atoms with Crippen LogP contribution in [0.2, 0.25) is 0 Å². The Hall–Kier alpha value is -2.18. The summed E-state index contributed by atoms with van der Waals surface area (Å²) >= 11 is 0. The van der Waals surface area contributed by atoms with E-state index in [1.165, 1.54) is 295 Å². The fraction of sp³-hybridized carbons (Fsp3) is 0.865. The van der Waals surface area contributed by atoms with Crippen molar-refractivity contribution in [1.82, 2.24) is 5.32 Å². The molecule has 1 amide bonds. The molecule has 0 aromatic carbocycles. The monoisotopic (exact) mass is 1120 g/mol. The minimum Gasteiger partial charge on any atom is -0.466 e. The number of rotatable bonds is 67. The summed E-state index contributed by atoms with van der Waals surface area (Å²) in [6.07, 6.45) is 90.3. The fourth-order valence-corrected chi connectivity index (χ4v) is 11.1. The Kier molecular flexibility index (Phi) is 67.4. The van der Waals surface area contributed by atoms with Gasteiger partial charge < -0.3 is 20.3 Å². The molecule has 0 bridgehead atoms. The average Bonchev–Trinajstić information content (AvgIpc) is 3.46. The van der Waals surface area contributed by atoms with Crippen LogP contribution in [0.25, 0.3) is 0 Å². The summed E-state index contributed by atoms with van der Waals surface area (Å²) in [5.41, 5.74) is 0. The van der Waals surface area contributed by atoms with Crippen molar-refractivity contribution in [2.75, 3.05) is 13.2 Å². The molecule has 0 aliphatic carbocycles. The van der Waals surface area contributed by atoms with E-state index in [1.54, 1.807) is 0 Å². The number of allylic oxidation sites excluding steroid dienone is 8. The van der Waals surface area contributed by atoms with Crippen molar-refractivity contribution in [3.63, 3.8) is 0 Å². The van der Waals surface area contributed by atoms with Crippen LogP contribution in [0.5, 0.6) is 0 Å². The standard InChI is InChI=1S/C74H139NO5/c1-3-5-7-9-11-13-15-16-17-18-34-38-41-44-48-52-56-60-64-68-74(79)80-69-65-61-57-53-49-45-42-39-36-33-31-29-27-25-23-21-19-20-22-24-26-28-30-32-35-37-40-43-47-51-55-59-63-67-73(78)75-71(70-76)72(77)66-62-58-54-50-46-14-12-10-8-6-4-2/h11,13,16-17,23,25,29,31,71-72,76-77H,3-10,12,14-15,18-22,24,26-28,30,32-70H2,1-2H3,(H,75,78)/b13-11-,17-16-,25-23-,31-29-. The summed E-state index contributed by atoms with van der Waals surface area (Å²) in [7, 11) is 0. The maximum atomic E-state index is 12.5. The number of hydrogen-bond donors (Lipinski definition) is 3. The van der Waals surface area contributed by atoms with Crippen LogP contribution in [0.3, 0.4) is 0 Å². The van der Waals surface area contributed by atoms with Gasteiger partial charge in [0.2, 0.25) is 5.91 Å². The first-order valence-electron chi connectivity index (χ1n) is 35.9. The number of carbonyl (C=O) groups excluding carboxylic acids is 2. The van der Waals surface area contributed by atoms with Crippen LogP contribution >= 0.6 is 0 Å². The summed E-state index contributed by atoms with van der Waals surface area (Å²) in [6, 6.07) is -0.539. The first-order chi connectivity index (χ1) is 39.5. The molecule has 0 spiro atoms. The lowest BCUT2D eigenvalue weighted by Crippen LogP contribution is -2.45. The molecule has 0 aliphatic rings. The molecule has 6 heteroatoms. The zero-order valence-electron chi connectivity index (χ0n) is 53.8. The first-order valence-corrected chi connectivity index (χ1v) is 35.9. The molecule has 0 heterocycles. The van der Waals surface area contributed by atoms with Gasteiger partial charge in [-0.15, -0.1) is 0 Å². The lowest BCUT2D eigenvalue weighted by atomic mass is 10.0. The highest BCUT2D eigenvalue weighted by molar-refractivity contribution is 5.76. The predicted molar refractivity (Wildman–Crippen MR) is 352 cm³/mol. The van der Waals surface area contributed by atoms with Crippen molar-refractivity contribution in [3.05, 3.63) is 48.6 Å². The Morgan fingerprint density at radius 2 is 0.625 bits per heavy atom. The number of unbranched alkanes of at least 4 members (excludes halogenated alkanes) is 48. The zero-order chi connectivity index (χ0) is 57.8. The van der Waals surface area contributed by atoms with Gasteiger partial charge in [-0.1, -0.05) is 332 Å². The van der Waals surface area contributed by atoms with Crippen LogP contribution in [-0.2, 0) is 14.3 Å². The lowest BCUT2D eigenvalue weighted by Gasteiger charge is -2.22. The molecule has 0 aromatic rings. The number of esters is 1. The van der Waals surface area contributed by atoms with Crippen molar-refractivity contribution >= 4 is 11.9 Å². The first kappa shape index (κ1) is 77.8. The Balaban J connectivity index is 3.36. The largest absolute Gasteiger partial charge is 0.466 e. The minimum atomic E-state index is -0.662. The van der Waals surface area contributed by atoms with Crippen molar-refractivity contribution in [2.24, 2.45) is 0 Å². The van der Waals surface area contributed by atoms with Crippen molar-refractivity contribution in [3.8, 4) is 0 Å². The maximum Gasteiger partial charge on any atom is 0.305 e. The SMILES string of the molecule is CCCCC/C=C\C/C=C\CCCCCCCCCCCC(=O)OCCCCCCCCCCC/C=C\C/C=C\CCCCCCCCCCCCCCCCCCCC(=O)NC(CO)C(O)CCCCCCCCCCCCC. The van der Waals surface area contributed by atoms with Gasteiger partial charge in [-0.3, -0.25) is 9.59 Å². The smallest absolute Gasteiger partial charge is 0.305 e. The number of ether oxygens (including phenoxy) is 1. The number of carbonyl (C=O) groups is 2. The Labute approximate surface area is 499 Å². The van der Waals surface area contributed by atoms with Gasteiger partial charge in [-0.25, -0.2) is 0 Å². The molecule has 0 aromatic heterocycles. The summed E-state index contributed by atoms with van der Waals surface area (Å²) in [4.78, 5) is 24.6. The van der Waals surface area contributed by atoms with Crippen LogP contribution in [-0.4, -0.2) is 47.4 Å². The van der Waals surface area contributed by atoms with Crippen molar-refractivity contribution in [2.45, 2.75) is 398 Å². The number of amides is 1. The van der Waals surface area contributed by atoms with E-state index in [9.17, 15) is 19.8 Å². The highest BCUT2D eigenvalue weighted by Gasteiger charge is 2.20. The highest BCUT2D eigenvalue weighted by atomic mass is 16.5. The van der Waals surface area contributed by atoms with Gasteiger partial charge in [-0.05, 0) is 89.9 Å². The second-order valence-corrected chi connectivity index (χ2v) is 24.6. The van der Waals surface area contributed by atoms with Crippen molar-refractivity contribution in [1.29, 1.82) is 0 Å². The summed E-state index contributed by atoms with van der Waals surface area (Å²) in [5, 5.41) is 23.2. The third-order valence-corrected chi connectivity index (χ3v) is 16.6. The Morgan fingerprint density at radius 3 is 0.975 bits per heavy atom. The number of aliphatic hydroxyl groups is 2. The van der Waals surface area contributed by atoms with E-state index in [-0.39, 0.29) is 18.5 Å². The topological polar surface area (TPSA) is 95.9 Å². The molecule has 80 heavy (non-hydrogen) atoms. The third kappa shape index (κ3) is 65.0. The Bertz CT molecular complexity index is 1340. The highest BCUT2D eigenvalue weighted by Crippen LogP contribution is 2.18. The molecule has 6 nitrogen and oxygen atoms in total. The van der Waals surface area contributed by atoms with E-state index in [0.717, 1.165) is 57.8 Å². The molecular formula is C74H139NO5. The molecule has 0 rings (SSSR count). The molecule has 0 aliphatic heterocycles. The van der Waals surface area contributed by atoms with Crippen LogP contribution in [0.4, 0.5) is 0 Å². The van der Waals surface area contributed by atoms with Crippen LogP contribution in [0.1, 0.15) is 386 Å². The van der Waals surface area contributed by atoms with Gasteiger partial charge in [0.25, 0.3) is 0 Å². The summed E-state index contributed by atoms with van der Waals surface area (Å²) < 4.78 is 5.50. The molecule has 470 valence electrons. The van der Waals surface area contributed by atoms with E-state index < -0.39 is 12.1 Å². The third-order valence-electron chi connectivity index (χ3n) is 16.6. The van der Waals surface area contributed by atoms with Crippen molar-refractivity contribution < 1.29 is 24.5 Å². The fourth-order valence-electron chi connectivity index (χ4n) is 11.1. The van der Waals surface area contributed by atoms with E-state index in [2.05, 4.69) is 67.8 Å². The van der Waals surface area contributed by atoms with Gasteiger partial charge >= 0.3 is 5.97 Å². The van der Waals surface area contributed by atoms with Gasteiger partial charge in [-0.2, -0.15) is 0 Å². The zero-order valence-corrected chi connectivity index (χ0v) is 53.8. The van der Waals surface area contributed by atoms with Gasteiger partial charge in [0.15, 0.2) is 0 Å². The van der Waals surface area contributed by atoms with Gasteiger partial charge in [0, 0.05) is 12.8 Å². The summed E-state index contributed by atoms with van der Waals surface area (Å²) in [5.74, 6) is -0.0223. The molecule has 0 saturated heterocycles. The van der Waals surface area contributed by atoms with E-state index in [4.69, 9.17) is 4.74 Å². The molecule has 0 fully saturated rings. The molecular weight excluding hydrogens is 983 g/mol. The van der Waals surface area contributed by atoms with Gasteiger partial charge in [0.05, 0.1) is 25.4 Å². The molecule has 2 atom stereocenters. The average molecular weight is 1120 g/mol. The molecule has 3 N–H and O–H groups in total.